The number of piperidine rings is 1. The molecule has 2 aliphatic heterocycles. The molecule has 0 saturated carbocycles. The molecule has 2 aromatic carbocycles. The van der Waals surface area contributed by atoms with Gasteiger partial charge in [0, 0.05) is 44.1 Å². The fraction of sp³-hybridized carbons (Fsp3) is 0.450. The number of nitrogens with two attached hydrogens (primary N) is 1. The van der Waals surface area contributed by atoms with Gasteiger partial charge in [0.1, 0.15) is 17.8 Å². The van der Waals surface area contributed by atoms with Gasteiger partial charge in [-0.15, -0.1) is 21.5 Å². The van der Waals surface area contributed by atoms with Crippen molar-refractivity contribution in [3.05, 3.63) is 70.9 Å². The van der Waals surface area contributed by atoms with E-state index in [-0.39, 0.29) is 60.2 Å². The molecule has 16 heteroatoms. The van der Waals surface area contributed by atoms with Crippen molar-refractivity contribution in [1.29, 1.82) is 0 Å². The van der Waals surface area contributed by atoms with Crippen molar-refractivity contribution < 1.29 is 33.4 Å². The van der Waals surface area contributed by atoms with Crippen LogP contribution in [-0.4, -0.2) is 85.8 Å². The summed E-state index contributed by atoms with van der Waals surface area (Å²) in [7, 11) is 0. The number of aromatic nitrogens is 3. The molecule has 2 fully saturated rings. The number of nitrogens with zero attached hydrogens (tertiary/aromatic N) is 5. The number of aromatic hydroxyl groups is 1. The largest absolute Gasteiger partial charge is 0.507 e. The number of anilines is 2. The Kier molecular flexibility index (Phi) is 11.9. The van der Waals surface area contributed by atoms with Crippen LogP contribution in [0, 0.1) is 29.9 Å². The Hall–Kier alpha value is -5.22. The molecule has 4 heterocycles. The second-order valence-corrected chi connectivity index (χ2v) is 16.7. The predicted molar refractivity (Wildman–Crippen MR) is 209 cm³/mol. The number of nitrogens with one attached hydrogen (secondary N) is 2. The van der Waals surface area contributed by atoms with Crippen molar-refractivity contribution in [2.75, 3.05) is 30.3 Å². The summed E-state index contributed by atoms with van der Waals surface area (Å²) in [6.07, 6.45) is 0.579. The maximum absolute atomic E-state index is 14.2. The number of phenols is 1. The summed E-state index contributed by atoms with van der Waals surface area (Å²) >= 11 is 1.56. The highest BCUT2D eigenvalue weighted by atomic mass is 32.1. The molecule has 0 aliphatic carbocycles. The van der Waals surface area contributed by atoms with E-state index in [0.717, 1.165) is 27.8 Å². The van der Waals surface area contributed by atoms with Crippen LogP contribution in [-0.2, 0) is 14.4 Å². The van der Waals surface area contributed by atoms with Crippen LogP contribution in [0.3, 0.4) is 0 Å². The van der Waals surface area contributed by atoms with Crippen LogP contribution < -0.4 is 21.3 Å². The molecular formula is C40H48F2N8O5S. The monoisotopic (exact) mass is 790 g/mol. The van der Waals surface area contributed by atoms with Crippen molar-refractivity contribution in [2.24, 2.45) is 11.3 Å². The molecule has 2 aliphatic rings. The Labute approximate surface area is 328 Å². The molecular weight excluding hydrogens is 743 g/mol. The van der Waals surface area contributed by atoms with E-state index in [1.54, 1.807) is 22.9 Å². The first kappa shape index (κ1) is 40.4. The highest BCUT2D eigenvalue weighted by Gasteiger charge is 2.45. The topological polar surface area (TPSA) is 187 Å². The Morgan fingerprint density at radius 3 is 2.36 bits per heavy atom. The van der Waals surface area contributed by atoms with Crippen LogP contribution in [0.25, 0.3) is 21.7 Å². The number of aryl methyl sites for hydroxylation is 1. The number of phenolic OH excluding ortho intramolecular Hbond substituents is 1. The average molecular weight is 791 g/mol. The lowest BCUT2D eigenvalue weighted by Crippen LogP contribution is -2.58. The summed E-state index contributed by atoms with van der Waals surface area (Å²) in [5, 5.41) is 34.8. The van der Waals surface area contributed by atoms with Crippen molar-refractivity contribution >= 4 is 40.6 Å². The van der Waals surface area contributed by atoms with Gasteiger partial charge in [-0.25, -0.2) is 13.8 Å². The van der Waals surface area contributed by atoms with Gasteiger partial charge in [-0.3, -0.25) is 14.4 Å². The van der Waals surface area contributed by atoms with Crippen molar-refractivity contribution in [3.63, 3.8) is 0 Å². The number of amides is 3. The van der Waals surface area contributed by atoms with Crippen LogP contribution in [0.1, 0.15) is 70.7 Å². The Bertz CT molecular complexity index is 2080. The summed E-state index contributed by atoms with van der Waals surface area (Å²) in [6.45, 7) is 10.4. The molecule has 13 nitrogen and oxygen atoms in total. The molecule has 0 radical (unpaired) electrons. The molecule has 2 saturated heterocycles. The fourth-order valence-corrected chi connectivity index (χ4v) is 8.20. The van der Waals surface area contributed by atoms with E-state index < -0.39 is 46.9 Å². The SMILES string of the molecule is Cc1ncsc1-c1ccc([C@H](C)NC(=O)[C@@H]2C[C@@H](O)CN2C(=O)[C@@H](NC(=O)CC2CCN(c3cc(-c4cc(F)c(F)cc4O)nnc3N)CC2)C(C)(C)C)cc1. The molecule has 4 aromatic rings. The Morgan fingerprint density at radius 2 is 1.71 bits per heavy atom. The van der Waals surface area contributed by atoms with E-state index in [2.05, 4.69) is 25.8 Å². The number of hydrogen-bond donors (Lipinski definition) is 5. The van der Waals surface area contributed by atoms with E-state index >= 15 is 0 Å². The second-order valence-electron chi connectivity index (χ2n) is 15.8. The summed E-state index contributed by atoms with van der Waals surface area (Å²) in [4.78, 5) is 50.1. The third-order valence-electron chi connectivity index (χ3n) is 10.6. The predicted octanol–water partition coefficient (Wildman–Crippen LogP) is 5.12. The lowest BCUT2D eigenvalue weighted by atomic mass is 9.85. The maximum atomic E-state index is 14.2. The van der Waals surface area contributed by atoms with Gasteiger partial charge in [-0.05, 0) is 61.3 Å². The zero-order chi connectivity index (χ0) is 40.5. The lowest BCUT2D eigenvalue weighted by molar-refractivity contribution is -0.144. The van der Waals surface area contributed by atoms with Gasteiger partial charge in [0.15, 0.2) is 17.5 Å². The van der Waals surface area contributed by atoms with Gasteiger partial charge < -0.3 is 36.4 Å². The number of nitrogen functional groups attached to an aromatic ring is 1. The second kappa shape index (κ2) is 16.5. The fourth-order valence-electron chi connectivity index (χ4n) is 7.39. The molecule has 2 aromatic heterocycles. The number of β-amino-alcohol motifs (C(OH)–C–C–N with tert-alkyl or cyclic N) is 1. The van der Waals surface area contributed by atoms with E-state index in [1.807, 2.05) is 63.8 Å². The quantitative estimate of drug-likeness (QED) is 0.144. The highest BCUT2D eigenvalue weighted by Crippen LogP contribution is 2.35. The first-order chi connectivity index (χ1) is 26.5. The van der Waals surface area contributed by atoms with Crippen LogP contribution >= 0.6 is 11.3 Å². The van der Waals surface area contributed by atoms with E-state index in [4.69, 9.17) is 5.73 Å². The Morgan fingerprint density at radius 1 is 1.04 bits per heavy atom. The number of benzene rings is 2. The van der Waals surface area contributed by atoms with Crippen LogP contribution in [0.5, 0.6) is 5.75 Å². The van der Waals surface area contributed by atoms with Gasteiger partial charge in [0.25, 0.3) is 0 Å². The normalized spacial score (nSPS) is 18.8. The third-order valence-corrected chi connectivity index (χ3v) is 11.6. The van der Waals surface area contributed by atoms with Gasteiger partial charge in [-0.2, -0.15) is 0 Å². The standard InChI is InChI=1S/C40H48F2N8O5S/c1-21(24-6-8-25(9-7-24)35-22(2)44-20-56-35)45-38(54)32-15-26(51)19-50(32)39(55)36(40(3,4)5)46-34(53)14-23-10-12-49(13-11-23)31-18-30(47-48-37(31)43)27-16-28(41)29(42)17-33(27)52/h6-9,16-18,20-21,23,26,32,36,51-52H,10-15,19H2,1-5H3,(H2,43,48)(H,45,54)(H,46,53)/t21-,26+,32-,36+/m0/s1. The molecule has 6 N–H and O–H groups in total. The smallest absolute Gasteiger partial charge is 0.246 e. The molecule has 56 heavy (non-hydrogen) atoms. The lowest BCUT2D eigenvalue weighted by Gasteiger charge is -2.36. The van der Waals surface area contributed by atoms with Crippen molar-refractivity contribution in [1.82, 2.24) is 30.7 Å². The molecule has 6 rings (SSSR count). The number of rotatable bonds is 10. The molecule has 0 spiro atoms. The summed E-state index contributed by atoms with van der Waals surface area (Å²) in [5.74, 6) is -3.81. The minimum atomic E-state index is -1.19. The molecule has 298 valence electrons. The molecule has 3 amide bonds. The van der Waals surface area contributed by atoms with Gasteiger partial charge in [-0.1, -0.05) is 45.0 Å². The third kappa shape index (κ3) is 8.91. The number of halogens is 2. The highest BCUT2D eigenvalue weighted by molar-refractivity contribution is 7.13. The van der Waals surface area contributed by atoms with Crippen LogP contribution in [0.15, 0.2) is 48.0 Å². The summed E-state index contributed by atoms with van der Waals surface area (Å²) in [6, 6.07) is 8.75. The van der Waals surface area contributed by atoms with Crippen LogP contribution in [0.2, 0.25) is 0 Å². The van der Waals surface area contributed by atoms with Gasteiger partial charge in [0.2, 0.25) is 17.7 Å². The van der Waals surface area contributed by atoms with Gasteiger partial charge >= 0.3 is 0 Å². The zero-order valence-electron chi connectivity index (χ0n) is 32.1. The van der Waals surface area contributed by atoms with Crippen molar-refractivity contribution in [3.8, 4) is 27.4 Å². The number of thiazole rings is 1. The van der Waals surface area contributed by atoms with Crippen LogP contribution in [0.4, 0.5) is 20.3 Å². The first-order valence-corrected chi connectivity index (χ1v) is 19.5. The van der Waals surface area contributed by atoms with E-state index in [9.17, 15) is 33.4 Å². The number of carbonyl (C=O) groups is 3. The summed E-state index contributed by atoms with van der Waals surface area (Å²) in [5.41, 5.74) is 10.7. The van der Waals surface area contributed by atoms with E-state index in [0.29, 0.717) is 37.7 Å². The van der Waals surface area contributed by atoms with Gasteiger partial charge in [0.05, 0.1) is 39.6 Å². The zero-order valence-corrected chi connectivity index (χ0v) is 32.9. The summed E-state index contributed by atoms with van der Waals surface area (Å²) < 4.78 is 27.5. The number of aliphatic hydroxyl groups is 1. The number of likely N-dealkylation sites (tertiary alicyclic amines) is 1. The molecule has 0 bridgehead atoms. The first-order valence-electron chi connectivity index (χ1n) is 18.6. The van der Waals surface area contributed by atoms with Crippen molar-refractivity contribution in [2.45, 2.75) is 84.5 Å². The molecule has 0 unspecified atom stereocenters. The Balaban J connectivity index is 1.06. The average Bonchev–Trinajstić information content (AvgIpc) is 3.77. The maximum Gasteiger partial charge on any atom is 0.246 e. The minimum absolute atomic E-state index is 0.0126. The van der Waals surface area contributed by atoms with E-state index in [1.165, 1.54) is 4.90 Å². The number of carbonyl (C=O) groups excluding carboxylic acids is 3. The number of aliphatic hydroxyl groups excluding tert-OH is 1. The molecule has 4 atom stereocenters. The number of hydrogen-bond acceptors (Lipinski definition) is 11. The minimum Gasteiger partial charge on any atom is -0.507 e.